The van der Waals surface area contributed by atoms with Crippen LogP contribution in [0.1, 0.15) is 10.8 Å². The summed E-state index contributed by atoms with van der Waals surface area (Å²) in [5.41, 5.74) is 7.68. The Kier molecular flexibility index (Phi) is 4.55. The fraction of sp³-hybridized carbons (Fsp3) is 0.0526. The van der Waals surface area contributed by atoms with Gasteiger partial charge in [0.1, 0.15) is 22.4 Å². The first-order chi connectivity index (χ1) is 13.1. The lowest BCUT2D eigenvalue weighted by Crippen LogP contribution is -2.19. The van der Waals surface area contributed by atoms with Crippen molar-refractivity contribution >= 4 is 28.7 Å². The van der Waals surface area contributed by atoms with Crippen molar-refractivity contribution in [3.8, 4) is 5.69 Å². The summed E-state index contributed by atoms with van der Waals surface area (Å²) in [5.74, 6) is -0.908. The van der Waals surface area contributed by atoms with Gasteiger partial charge in [-0.3, -0.25) is 4.79 Å². The van der Waals surface area contributed by atoms with Crippen molar-refractivity contribution in [1.29, 1.82) is 0 Å². The summed E-state index contributed by atoms with van der Waals surface area (Å²) in [6.07, 6.45) is 3.09. The first kappa shape index (κ1) is 17.2. The molecular weight excluding hydrogens is 365 g/mol. The van der Waals surface area contributed by atoms with E-state index in [1.165, 1.54) is 30.2 Å². The zero-order chi connectivity index (χ0) is 18.8. The number of primary amides is 1. The quantitative estimate of drug-likeness (QED) is 0.425. The molecule has 8 heteroatoms. The van der Waals surface area contributed by atoms with Gasteiger partial charge in [-0.25, -0.2) is 19.0 Å². The molecule has 4 aromatic rings. The number of nitrogens with zero attached hydrogens (tertiary/aromatic N) is 4. The van der Waals surface area contributed by atoms with Gasteiger partial charge in [0, 0.05) is 0 Å². The Morgan fingerprint density at radius 1 is 1.07 bits per heavy atom. The van der Waals surface area contributed by atoms with Crippen LogP contribution in [0.4, 0.5) is 4.39 Å². The van der Waals surface area contributed by atoms with E-state index in [1.54, 1.807) is 23.0 Å². The SMILES string of the molecule is NC(=O)[C@H](Sc1ncnc2c1cnn2-c1ccccc1)c1ccc(F)cc1. The van der Waals surface area contributed by atoms with Crippen molar-refractivity contribution < 1.29 is 9.18 Å². The zero-order valence-corrected chi connectivity index (χ0v) is 14.8. The van der Waals surface area contributed by atoms with Gasteiger partial charge in [0.15, 0.2) is 5.65 Å². The third-order valence-corrected chi connectivity index (χ3v) is 5.28. The zero-order valence-electron chi connectivity index (χ0n) is 14.0. The average Bonchev–Trinajstić information content (AvgIpc) is 3.12. The number of halogens is 1. The monoisotopic (exact) mass is 379 g/mol. The Bertz CT molecular complexity index is 1100. The maximum absolute atomic E-state index is 13.2. The molecule has 6 nitrogen and oxygen atoms in total. The Hall–Kier alpha value is -3.26. The first-order valence-corrected chi connectivity index (χ1v) is 8.97. The van der Waals surface area contributed by atoms with Crippen LogP contribution in [0.2, 0.25) is 0 Å². The number of thioether (sulfide) groups is 1. The second kappa shape index (κ2) is 7.16. The predicted molar refractivity (Wildman–Crippen MR) is 101 cm³/mol. The standard InChI is InChI=1S/C19H14FN5OS/c20-13-8-6-12(7-9-13)16(17(21)26)27-19-15-10-24-25(18(15)22-11-23-19)14-4-2-1-3-5-14/h1-11,16H,(H2,21,26)/t16-/m1/s1. The summed E-state index contributed by atoms with van der Waals surface area (Å²) in [7, 11) is 0. The summed E-state index contributed by atoms with van der Waals surface area (Å²) in [6.45, 7) is 0. The van der Waals surface area contributed by atoms with Crippen LogP contribution < -0.4 is 5.73 Å². The van der Waals surface area contributed by atoms with Crippen LogP contribution >= 0.6 is 11.8 Å². The highest BCUT2D eigenvalue weighted by molar-refractivity contribution is 8.00. The molecule has 0 bridgehead atoms. The van der Waals surface area contributed by atoms with Gasteiger partial charge in [0.2, 0.25) is 5.91 Å². The second-order valence-electron chi connectivity index (χ2n) is 5.76. The van der Waals surface area contributed by atoms with E-state index < -0.39 is 11.2 Å². The Balaban J connectivity index is 1.74. The molecule has 2 aromatic carbocycles. The fourth-order valence-corrected chi connectivity index (χ4v) is 3.73. The molecule has 4 rings (SSSR count). The maximum atomic E-state index is 13.2. The van der Waals surface area contributed by atoms with Crippen molar-refractivity contribution in [2.45, 2.75) is 10.3 Å². The van der Waals surface area contributed by atoms with Gasteiger partial charge < -0.3 is 5.73 Å². The molecule has 1 atom stereocenters. The minimum atomic E-state index is -0.705. The van der Waals surface area contributed by atoms with Gasteiger partial charge in [-0.2, -0.15) is 5.10 Å². The lowest BCUT2D eigenvalue weighted by Gasteiger charge is -2.13. The van der Waals surface area contributed by atoms with E-state index in [-0.39, 0.29) is 5.82 Å². The highest BCUT2D eigenvalue weighted by Crippen LogP contribution is 2.37. The Morgan fingerprint density at radius 3 is 2.52 bits per heavy atom. The second-order valence-corrected chi connectivity index (χ2v) is 6.85. The molecule has 0 radical (unpaired) electrons. The molecule has 2 aromatic heterocycles. The Morgan fingerprint density at radius 2 is 1.81 bits per heavy atom. The number of hydrogen-bond acceptors (Lipinski definition) is 5. The molecule has 0 aliphatic heterocycles. The van der Waals surface area contributed by atoms with E-state index in [0.29, 0.717) is 21.6 Å². The molecule has 0 saturated carbocycles. The van der Waals surface area contributed by atoms with E-state index in [0.717, 1.165) is 5.69 Å². The molecule has 0 fully saturated rings. The van der Waals surface area contributed by atoms with Crippen molar-refractivity contribution in [2.24, 2.45) is 5.73 Å². The Labute approximate surface area is 158 Å². The number of amides is 1. The first-order valence-electron chi connectivity index (χ1n) is 8.09. The lowest BCUT2D eigenvalue weighted by atomic mass is 10.1. The molecular formula is C19H14FN5OS. The van der Waals surface area contributed by atoms with E-state index in [1.807, 2.05) is 30.3 Å². The highest BCUT2D eigenvalue weighted by atomic mass is 32.2. The minimum absolute atomic E-state index is 0.375. The molecule has 2 N–H and O–H groups in total. The van der Waals surface area contributed by atoms with Gasteiger partial charge in [-0.05, 0) is 29.8 Å². The van der Waals surface area contributed by atoms with Crippen LogP contribution in [0.15, 0.2) is 72.1 Å². The molecule has 1 amide bonds. The summed E-state index contributed by atoms with van der Waals surface area (Å²) in [4.78, 5) is 20.6. The number of aromatic nitrogens is 4. The van der Waals surface area contributed by atoms with E-state index in [2.05, 4.69) is 15.1 Å². The van der Waals surface area contributed by atoms with Gasteiger partial charge in [0.05, 0.1) is 17.3 Å². The van der Waals surface area contributed by atoms with Crippen molar-refractivity contribution in [1.82, 2.24) is 19.7 Å². The van der Waals surface area contributed by atoms with Crippen LogP contribution in [-0.2, 0) is 4.79 Å². The maximum Gasteiger partial charge on any atom is 0.235 e. The van der Waals surface area contributed by atoms with Gasteiger partial charge in [-0.15, -0.1) is 0 Å². The molecule has 2 heterocycles. The van der Waals surface area contributed by atoms with Crippen LogP contribution in [0.3, 0.4) is 0 Å². The molecule has 0 unspecified atom stereocenters. The topological polar surface area (TPSA) is 86.7 Å². The smallest absolute Gasteiger partial charge is 0.235 e. The lowest BCUT2D eigenvalue weighted by molar-refractivity contribution is -0.117. The van der Waals surface area contributed by atoms with Gasteiger partial charge in [0.25, 0.3) is 0 Å². The number of fused-ring (bicyclic) bond motifs is 1. The van der Waals surface area contributed by atoms with Gasteiger partial charge >= 0.3 is 0 Å². The van der Waals surface area contributed by atoms with Crippen molar-refractivity contribution in [2.75, 3.05) is 0 Å². The summed E-state index contributed by atoms with van der Waals surface area (Å²) < 4.78 is 14.9. The number of nitrogens with two attached hydrogens (primary N) is 1. The molecule has 27 heavy (non-hydrogen) atoms. The normalized spacial score (nSPS) is 12.2. The average molecular weight is 379 g/mol. The van der Waals surface area contributed by atoms with Gasteiger partial charge in [-0.1, -0.05) is 42.1 Å². The van der Waals surface area contributed by atoms with E-state index in [9.17, 15) is 9.18 Å². The number of para-hydroxylation sites is 1. The van der Waals surface area contributed by atoms with Crippen LogP contribution in [0, 0.1) is 5.82 Å². The minimum Gasteiger partial charge on any atom is -0.368 e. The number of carbonyl (C=O) groups excluding carboxylic acids is 1. The fourth-order valence-electron chi connectivity index (χ4n) is 2.71. The van der Waals surface area contributed by atoms with Crippen molar-refractivity contribution in [3.05, 3.63) is 78.5 Å². The third kappa shape index (κ3) is 3.39. The van der Waals surface area contributed by atoms with Crippen molar-refractivity contribution in [3.63, 3.8) is 0 Å². The number of rotatable bonds is 5. The van der Waals surface area contributed by atoms with E-state index in [4.69, 9.17) is 5.73 Å². The molecule has 134 valence electrons. The summed E-state index contributed by atoms with van der Waals surface area (Å²) in [6, 6.07) is 15.3. The summed E-state index contributed by atoms with van der Waals surface area (Å²) >= 11 is 1.19. The number of hydrogen-bond donors (Lipinski definition) is 1. The predicted octanol–water partition coefficient (Wildman–Crippen LogP) is 3.27. The van der Waals surface area contributed by atoms with E-state index >= 15 is 0 Å². The third-order valence-electron chi connectivity index (χ3n) is 3.99. The largest absolute Gasteiger partial charge is 0.368 e. The van der Waals surface area contributed by atoms with Crippen LogP contribution in [0.25, 0.3) is 16.7 Å². The van der Waals surface area contributed by atoms with Crippen LogP contribution in [0.5, 0.6) is 0 Å². The molecule has 0 aliphatic carbocycles. The molecule has 0 spiro atoms. The van der Waals surface area contributed by atoms with Crippen LogP contribution in [-0.4, -0.2) is 25.7 Å². The molecule has 0 aliphatic rings. The number of carbonyl (C=O) groups is 1. The molecule has 0 saturated heterocycles. The number of benzene rings is 2. The summed E-state index contributed by atoms with van der Waals surface area (Å²) in [5, 5.41) is 4.98. The highest BCUT2D eigenvalue weighted by Gasteiger charge is 2.22.